The highest BCUT2D eigenvalue weighted by atomic mass is 16.1. The lowest BCUT2D eigenvalue weighted by Gasteiger charge is -2.61. The van der Waals surface area contributed by atoms with Crippen LogP contribution in [0.2, 0.25) is 0 Å². The molecule has 0 heterocycles. The van der Waals surface area contributed by atoms with E-state index in [4.69, 9.17) is 0 Å². The normalized spacial score (nSPS) is 34.7. The predicted octanol–water partition coefficient (Wildman–Crippen LogP) is 8.93. The number of allylic oxidation sites excluding steroid dienone is 4. The molecule has 1 N–H and O–H groups in total. The van der Waals surface area contributed by atoms with Crippen molar-refractivity contribution < 1.29 is 14.4 Å². The number of ketones is 2. The van der Waals surface area contributed by atoms with Crippen LogP contribution in [0.5, 0.6) is 0 Å². The summed E-state index contributed by atoms with van der Waals surface area (Å²) >= 11 is 0. The molecule has 0 aromatic carbocycles. The number of hydrogen-bond acceptors (Lipinski definition) is 4. The second-order valence-corrected chi connectivity index (χ2v) is 17.3. The molecule has 240 valence electrons. The molecule has 2 fully saturated rings. The van der Waals surface area contributed by atoms with Gasteiger partial charge in [-0.25, -0.2) is 0 Å². The Morgan fingerprint density at radius 1 is 1.09 bits per heavy atom. The van der Waals surface area contributed by atoms with E-state index >= 15 is 0 Å². The van der Waals surface area contributed by atoms with Crippen molar-refractivity contribution in [3.05, 3.63) is 23.3 Å². The van der Waals surface area contributed by atoms with Crippen LogP contribution in [0.15, 0.2) is 23.3 Å². The first-order valence-corrected chi connectivity index (χ1v) is 16.8. The van der Waals surface area contributed by atoms with Crippen molar-refractivity contribution >= 4 is 17.5 Å². The number of fused-ring (bicyclic) bond motifs is 1. The Labute approximate surface area is 262 Å². The minimum absolute atomic E-state index is 0.0104. The standard InChI is InChI=1S/C38H60N2O3/c1-25(2)40-31(42)14-16-38(19-17-33(5,6)22-26(38)3)20-18-34(7,8)37(12)15-13-29-35(9,10)32(43)28(24-39)23-36(29,11)30(37)21-27(4)41/h21,23,25-26,29H,13-20,22H2,1-12H3,(H,40,42)/b30-21-/t26?,29-,36-,37+,38+/m0/s1. The third-order valence-corrected chi connectivity index (χ3v) is 12.7. The summed E-state index contributed by atoms with van der Waals surface area (Å²) in [7, 11) is 0. The SMILES string of the molecule is CC(=O)/C=C1/[C@@]2(C)C=C(C#N)C(=O)C(C)(C)[C@@H]2CC[C@@]1(C)C(C)(C)CC[C@@]1(CCC(=O)NC(C)C)CCC(C)(C)CC1C. The zero-order valence-corrected chi connectivity index (χ0v) is 29.4. The molecule has 0 aromatic rings. The molecule has 3 aliphatic carbocycles. The second kappa shape index (κ2) is 11.9. The first-order chi connectivity index (χ1) is 19.6. The van der Waals surface area contributed by atoms with Gasteiger partial charge < -0.3 is 5.32 Å². The first kappa shape index (κ1) is 35.3. The molecule has 0 saturated heterocycles. The Morgan fingerprint density at radius 2 is 1.72 bits per heavy atom. The molecular weight excluding hydrogens is 532 g/mol. The zero-order valence-electron chi connectivity index (χ0n) is 29.4. The number of Topliss-reactive ketones (excluding diaryl/α,β-unsaturated/α-hetero) is 1. The van der Waals surface area contributed by atoms with Gasteiger partial charge in [-0.1, -0.05) is 74.0 Å². The molecule has 5 heteroatoms. The average molecular weight is 593 g/mol. The number of carbonyl (C=O) groups excluding carboxylic acids is 3. The van der Waals surface area contributed by atoms with Gasteiger partial charge in [-0.3, -0.25) is 14.4 Å². The van der Waals surface area contributed by atoms with Gasteiger partial charge in [-0.05, 0) is 112 Å². The smallest absolute Gasteiger partial charge is 0.220 e. The van der Waals surface area contributed by atoms with E-state index in [9.17, 15) is 19.6 Å². The Morgan fingerprint density at radius 3 is 2.26 bits per heavy atom. The van der Waals surface area contributed by atoms with E-state index in [-0.39, 0.29) is 51.3 Å². The van der Waals surface area contributed by atoms with E-state index in [2.05, 4.69) is 59.9 Å². The van der Waals surface area contributed by atoms with Gasteiger partial charge in [0.05, 0.1) is 5.57 Å². The van der Waals surface area contributed by atoms with Gasteiger partial charge in [-0.2, -0.15) is 5.26 Å². The van der Waals surface area contributed by atoms with Crippen LogP contribution in [0.3, 0.4) is 0 Å². The monoisotopic (exact) mass is 592 g/mol. The van der Waals surface area contributed by atoms with Crippen LogP contribution >= 0.6 is 0 Å². The highest BCUT2D eigenvalue weighted by Crippen LogP contribution is 2.67. The molecule has 0 bridgehead atoms. The fourth-order valence-electron chi connectivity index (χ4n) is 9.56. The summed E-state index contributed by atoms with van der Waals surface area (Å²) in [5.41, 5.74) is -0.00296. The minimum Gasteiger partial charge on any atom is -0.354 e. The third kappa shape index (κ3) is 6.60. The maximum Gasteiger partial charge on any atom is 0.220 e. The molecule has 2 saturated carbocycles. The number of carbonyl (C=O) groups is 3. The van der Waals surface area contributed by atoms with E-state index in [1.54, 1.807) is 6.92 Å². The van der Waals surface area contributed by atoms with Crippen LogP contribution in [0.1, 0.15) is 141 Å². The first-order valence-electron chi connectivity index (χ1n) is 16.8. The van der Waals surface area contributed by atoms with Crippen LogP contribution < -0.4 is 5.32 Å². The zero-order chi connectivity index (χ0) is 32.8. The lowest BCUT2D eigenvalue weighted by atomic mass is 9.42. The Balaban J connectivity index is 2.02. The van der Waals surface area contributed by atoms with E-state index in [0.717, 1.165) is 50.5 Å². The second-order valence-electron chi connectivity index (χ2n) is 17.3. The molecule has 3 aliphatic rings. The molecule has 3 rings (SSSR count). The molecular formula is C38H60N2O3. The van der Waals surface area contributed by atoms with Crippen molar-refractivity contribution in [2.75, 3.05) is 0 Å². The number of hydrogen-bond donors (Lipinski definition) is 1. The Kier molecular flexibility index (Phi) is 9.79. The fraction of sp³-hybridized carbons (Fsp3) is 0.789. The van der Waals surface area contributed by atoms with Gasteiger partial charge in [0, 0.05) is 23.3 Å². The number of amides is 1. The largest absolute Gasteiger partial charge is 0.354 e. The summed E-state index contributed by atoms with van der Waals surface area (Å²) in [6.07, 6.45) is 12.4. The molecule has 0 aromatic heterocycles. The van der Waals surface area contributed by atoms with Gasteiger partial charge in [0.1, 0.15) is 6.07 Å². The summed E-state index contributed by atoms with van der Waals surface area (Å²) < 4.78 is 0. The van der Waals surface area contributed by atoms with Crippen molar-refractivity contribution in [3.63, 3.8) is 0 Å². The molecule has 0 spiro atoms. The number of nitriles is 1. The van der Waals surface area contributed by atoms with Crippen LogP contribution in [0.25, 0.3) is 0 Å². The summed E-state index contributed by atoms with van der Waals surface area (Å²) in [5.74, 6) is 0.602. The number of nitrogens with one attached hydrogen (secondary N) is 1. The summed E-state index contributed by atoms with van der Waals surface area (Å²) in [6, 6.07) is 2.34. The highest BCUT2D eigenvalue weighted by molar-refractivity contribution is 6.04. The van der Waals surface area contributed by atoms with Crippen LogP contribution in [0, 0.1) is 55.7 Å². The van der Waals surface area contributed by atoms with Crippen molar-refractivity contribution in [1.82, 2.24) is 5.32 Å². The Bertz CT molecular complexity index is 1230. The maximum atomic E-state index is 13.3. The van der Waals surface area contributed by atoms with Gasteiger partial charge in [0.25, 0.3) is 0 Å². The van der Waals surface area contributed by atoms with Crippen LogP contribution in [-0.4, -0.2) is 23.5 Å². The van der Waals surface area contributed by atoms with E-state index in [1.165, 1.54) is 6.42 Å². The van der Waals surface area contributed by atoms with Gasteiger partial charge >= 0.3 is 0 Å². The molecule has 5 atom stereocenters. The van der Waals surface area contributed by atoms with E-state index in [1.807, 2.05) is 39.8 Å². The van der Waals surface area contributed by atoms with Gasteiger partial charge in [0.15, 0.2) is 11.6 Å². The topological polar surface area (TPSA) is 87.0 Å². The molecule has 1 unspecified atom stereocenters. The Hall–Kier alpha value is -2.22. The quantitative estimate of drug-likeness (QED) is 0.271. The van der Waals surface area contributed by atoms with Crippen molar-refractivity contribution in [3.8, 4) is 6.07 Å². The van der Waals surface area contributed by atoms with Crippen molar-refractivity contribution in [2.45, 2.75) is 147 Å². The van der Waals surface area contributed by atoms with Crippen molar-refractivity contribution in [2.24, 2.45) is 44.3 Å². The lowest BCUT2D eigenvalue weighted by molar-refractivity contribution is -0.131. The third-order valence-electron chi connectivity index (χ3n) is 12.7. The minimum atomic E-state index is -0.680. The molecule has 0 radical (unpaired) electrons. The predicted molar refractivity (Wildman–Crippen MR) is 175 cm³/mol. The summed E-state index contributed by atoms with van der Waals surface area (Å²) in [4.78, 5) is 39.0. The maximum absolute atomic E-state index is 13.3. The number of nitrogens with zero attached hydrogens (tertiary/aromatic N) is 1. The summed E-state index contributed by atoms with van der Waals surface area (Å²) in [5, 5.41) is 13.1. The molecule has 0 aliphatic heterocycles. The van der Waals surface area contributed by atoms with Crippen molar-refractivity contribution in [1.29, 1.82) is 5.26 Å². The number of rotatable bonds is 9. The van der Waals surface area contributed by atoms with E-state index < -0.39 is 10.8 Å². The van der Waals surface area contributed by atoms with E-state index in [0.29, 0.717) is 17.8 Å². The van der Waals surface area contributed by atoms with Gasteiger partial charge in [-0.15, -0.1) is 0 Å². The molecule has 1 amide bonds. The lowest BCUT2D eigenvalue weighted by Crippen LogP contribution is -2.56. The van der Waals surface area contributed by atoms with Crippen LogP contribution in [0.4, 0.5) is 0 Å². The highest BCUT2D eigenvalue weighted by Gasteiger charge is 2.61. The van der Waals surface area contributed by atoms with Gasteiger partial charge in [0.2, 0.25) is 5.91 Å². The molecule has 5 nitrogen and oxygen atoms in total. The van der Waals surface area contributed by atoms with Crippen LogP contribution in [-0.2, 0) is 14.4 Å². The fourth-order valence-corrected chi connectivity index (χ4v) is 9.56. The molecule has 43 heavy (non-hydrogen) atoms. The average Bonchev–Trinajstić information content (AvgIpc) is 2.87. The summed E-state index contributed by atoms with van der Waals surface area (Å²) in [6.45, 7) is 26.0.